The minimum absolute atomic E-state index is 0.376. The van der Waals surface area contributed by atoms with Crippen LogP contribution in [0.4, 0.5) is 0 Å². The molecule has 0 radical (unpaired) electrons. The minimum Gasteiger partial charge on any atom is -0.327 e. The predicted octanol–water partition coefficient (Wildman–Crippen LogP) is 3.69. The van der Waals surface area contributed by atoms with Crippen molar-refractivity contribution in [3.63, 3.8) is 0 Å². The second kappa shape index (κ2) is 7.09. The zero-order valence-electron chi connectivity index (χ0n) is 12.5. The lowest BCUT2D eigenvalue weighted by Gasteiger charge is -2.20. The van der Waals surface area contributed by atoms with Crippen LogP contribution in [0.1, 0.15) is 70.5 Å². The molecule has 0 bridgehead atoms. The summed E-state index contributed by atoms with van der Waals surface area (Å²) >= 11 is 0. The van der Waals surface area contributed by atoms with E-state index in [1.165, 1.54) is 37.8 Å². The fourth-order valence-corrected chi connectivity index (χ4v) is 3.29. The first-order valence-electron chi connectivity index (χ1n) is 8.04. The second-order valence-electron chi connectivity index (χ2n) is 6.02. The Kier molecular flexibility index (Phi) is 5.44. The number of nitrogens with two attached hydrogens (primary N) is 1. The molecule has 2 unspecified atom stereocenters. The highest BCUT2D eigenvalue weighted by Crippen LogP contribution is 2.25. The van der Waals surface area contributed by atoms with E-state index in [2.05, 4.69) is 30.8 Å². The molecular formula is C16H29N3. The highest BCUT2D eigenvalue weighted by atomic mass is 15.3. The quantitative estimate of drug-likeness (QED) is 0.823. The highest BCUT2D eigenvalue weighted by molar-refractivity contribution is 5.02. The van der Waals surface area contributed by atoms with Crippen molar-refractivity contribution in [3.05, 3.63) is 18.0 Å². The summed E-state index contributed by atoms with van der Waals surface area (Å²) in [7, 11) is 0. The number of nitrogens with zero attached hydrogens (tertiary/aromatic N) is 2. The van der Waals surface area contributed by atoms with Gasteiger partial charge in [0.05, 0.1) is 11.7 Å². The third-order valence-corrected chi connectivity index (χ3v) is 4.67. The summed E-state index contributed by atoms with van der Waals surface area (Å²) < 4.78 is 2.15. The van der Waals surface area contributed by atoms with Crippen LogP contribution in [0.15, 0.2) is 12.3 Å². The Hall–Kier alpha value is -0.830. The van der Waals surface area contributed by atoms with Crippen LogP contribution in [0.25, 0.3) is 0 Å². The van der Waals surface area contributed by atoms with Gasteiger partial charge in [0, 0.05) is 12.2 Å². The number of rotatable bonds is 5. The van der Waals surface area contributed by atoms with E-state index in [9.17, 15) is 0 Å². The molecule has 1 aromatic rings. The average Bonchev–Trinajstić information content (AvgIpc) is 2.77. The Morgan fingerprint density at radius 3 is 2.74 bits per heavy atom. The van der Waals surface area contributed by atoms with Gasteiger partial charge in [-0.2, -0.15) is 5.10 Å². The van der Waals surface area contributed by atoms with Crippen LogP contribution in [0, 0.1) is 5.92 Å². The smallest absolute Gasteiger partial charge is 0.0628 e. The van der Waals surface area contributed by atoms with E-state index in [-0.39, 0.29) is 0 Å². The van der Waals surface area contributed by atoms with E-state index in [4.69, 9.17) is 10.8 Å². The first kappa shape index (κ1) is 14.6. The molecule has 2 rings (SSSR count). The van der Waals surface area contributed by atoms with Crippen LogP contribution in [0.2, 0.25) is 0 Å². The summed E-state index contributed by atoms with van der Waals surface area (Å²) in [6.45, 7) is 4.47. The Morgan fingerprint density at radius 2 is 2.00 bits per heavy atom. The second-order valence-corrected chi connectivity index (χ2v) is 6.02. The molecule has 3 nitrogen and oxygen atoms in total. The van der Waals surface area contributed by atoms with Crippen molar-refractivity contribution in [2.24, 2.45) is 11.7 Å². The fourth-order valence-electron chi connectivity index (χ4n) is 3.29. The number of hydrogen-bond donors (Lipinski definition) is 1. The van der Waals surface area contributed by atoms with Crippen LogP contribution in [0.5, 0.6) is 0 Å². The van der Waals surface area contributed by atoms with Crippen molar-refractivity contribution in [2.45, 2.75) is 77.3 Å². The van der Waals surface area contributed by atoms with Gasteiger partial charge in [-0.15, -0.1) is 0 Å². The molecule has 1 aliphatic carbocycles. The van der Waals surface area contributed by atoms with Gasteiger partial charge in [-0.05, 0) is 44.1 Å². The SMILES string of the molecule is CCC(CC)n1ccc(CC2CCCCCC2N)n1. The van der Waals surface area contributed by atoms with E-state index < -0.39 is 0 Å². The fraction of sp³-hybridized carbons (Fsp3) is 0.812. The van der Waals surface area contributed by atoms with E-state index in [0.29, 0.717) is 18.0 Å². The summed E-state index contributed by atoms with van der Waals surface area (Å²) in [4.78, 5) is 0. The van der Waals surface area contributed by atoms with Crippen molar-refractivity contribution in [2.75, 3.05) is 0 Å². The van der Waals surface area contributed by atoms with Gasteiger partial charge in [0.1, 0.15) is 0 Å². The molecule has 1 aliphatic rings. The molecular weight excluding hydrogens is 234 g/mol. The molecule has 2 atom stereocenters. The Bertz CT molecular complexity index is 368. The van der Waals surface area contributed by atoms with Gasteiger partial charge in [0.15, 0.2) is 0 Å². The Balaban J connectivity index is 1.98. The zero-order chi connectivity index (χ0) is 13.7. The van der Waals surface area contributed by atoms with Crippen molar-refractivity contribution < 1.29 is 0 Å². The van der Waals surface area contributed by atoms with Crippen molar-refractivity contribution in [1.82, 2.24) is 9.78 Å². The molecule has 1 fully saturated rings. The van der Waals surface area contributed by atoms with Gasteiger partial charge >= 0.3 is 0 Å². The average molecular weight is 263 g/mol. The number of aromatic nitrogens is 2. The van der Waals surface area contributed by atoms with Crippen LogP contribution in [-0.4, -0.2) is 15.8 Å². The van der Waals surface area contributed by atoms with Crippen molar-refractivity contribution in [1.29, 1.82) is 0 Å². The first-order chi connectivity index (χ1) is 9.24. The maximum absolute atomic E-state index is 6.31. The van der Waals surface area contributed by atoms with Gasteiger partial charge in [-0.1, -0.05) is 33.1 Å². The molecule has 1 heterocycles. The lowest BCUT2D eigenvalue weighted by Crippen LogP contribution is -2.30. The lowest BCUT2D eigenvalue weighted by molar-refractivity contribution is 0.383. The highest BCUT2D eigenvalue weighted by Gasteiger charge is 2.21. The van der Waals surface area contributed by atoms with Gasteiger partial charge in [-0.25, -0.2) is 0 Å². The lowest BCUT2D eigenvalue weighted by atomic mass is 9.91. The zero-order valence-corrected chi connectivity index (χ0v) is 12.5. The molecule has 108 valence electrons. The van der Waals surface area contributed by atoms with Gasteiger partial charge in [-0.3, -0.25) is 4.68 Å². The molecule has 1 saturated carbocycles. The van der Waals surface area contributed by atoms with E-state index in [0.717, 1.165) is 19.3 Å². The van der Waals surface area contributed by atoms with Crippen LogP contribution < -0.4 is 5.73 Å². The van der Waals surface area contributed by atoms with Gasteiger partial charge < -0.3 is 5.73 Å². The van der Waals surface area contributed by atoms with Crippen molar-refractivity contribution >= 4 is 0 Å². The van der Waals surface area contributed by atoms with E-state index in [1.807, 2.05) is 0 Å². The third kappa shape index (κ3) is 3.82. The third-order valence-electron chi connectivity index (χ3n) is 4.67. The number of hydrogen-bond acceptors (Lipinski definition) is 2. The van der Waals surface area contributed by atoms with E-state index >= 15 is 0 Å². The standard InChI is InChI=1S/C16H29N3/c1-3-15(4-2)19-11-10-14(18-19)12-13-8-6-5-7-9-16(13)17/h10-11,13,15-16H,3-9,12,17H2,1-2H3. The van der Waals surface area contributed by atoms with E-state index in [1.54, 1.807) is 0 Å². The molecule has 0 saturated heterocycles. The maximum Gasteiger partial charge on any atom is 0.0628 e. The maximum atomic E-state index is 6.31. The molecule has 0 aromatic carbocycles. The molecule has 19 heavy (non-hydrogen) atoms. The van der Waals surface area contributed by atoms with Crippen LogP contribution in [-0.2, 0) is 6.42 Å². The van der Waals surface area contributed by atoms with Crippen molar-refractivity contribution in [3.8, 4) is 0 Å². The molecule has 0 aliphatic heterocycles. The topological polar surface area (TPSA) is 43.8 Å². The molecule has 1 aromatic heterocycles. The molecule has 0 amide bonds. The predicted molar refractivity (Wildman–Crippen MR) is 80.1 cm³/mol. The molecule has 3 heteroatoms. The first-order valence-corrected chi connectivity index (χ1v) is 8.04. The monoisotopic (exact) mass is 263 g/mol. The molecule has 0 spiro atoms. The summed E-state index contributed by atoms with van der Waals surface area (Å²) in [5.41, 5.74) is 7.54. The largest absolute Gasteiger partial charge is 0.327 e. The summed E-state index contributed by atoms with van der Waals surface area (Å²) in [5, 5.41) is 4.77. The summed E-state index contributed by atoms with van der Waals surface area (Å²) in [6.07, 6.45) is 12.0. The summed E-state index contributed by atoms with van der Waals surface area (Å²) in [5.74, 6) is 0.632. The molecule has 2 N–H and O–H groups in total. The normalized spacial score (nSPS) is 24.6. The minimum atomic E-state index is 0.376. The summed E-state index contributed by atoms with van der Waals surface area (Å²) in [6, 6.07) is 3.12. The van der Waals surface area contributed by atoms with Crippen LogP contribution >= 0.6 is 0 Å². The van der Waals surface area contributed by atoms with Gasteiger partial charge in [0.2, 0.25) is 0 Å². The van der Waals surface area contributed by atoms with Gasteiger partial charge in [0.25, 0.3) is 0 Å². The Labute approximate surface area is 117 Å². The Morgan fingerprint density at radius 1 is 1.26 bits per heavy atom. The van der Waals surface area contributed by atoms with Crippen LogP contribution in [0.3, 0.4) is 0 Å².